The van der Waals surface area contributed by atoms with Gasteiger partial charge in [-0.2, -0.15) is 9.78 Å². The monoisotopic (exact) mass is 428 g/mol. The molecule has 0 unspecified atom stereocenters. The number of fused-ring (bicyclic) bond motifs is 2. The first kappa shape index (κ1) is 20.0. The summed E-state index contributed by atoms with van der Waals surface area (Å²) in [5.41, 5.74) is 9.61. The molecule has 32 heavy (non-hydrogen) atoms. The van der Waals surface area contributed by atoms with Crippen LogP contribution in [0.2, 0.25) is 0 Å². The van der Waals surface area contributed by atoms with Gasteiger partial charge in [0.15, 0.2) is 5.65 Å². The second-order valence-corrected chi connectivity index (χ2v) is 8.10. The number of rotatable bonds is 4. The molecule has 2 heterocycles. The highest BCUT2D eigenvalue weighted by Crippen LogP contribution is 2.28. The highest BCUT2D eigenvalue weighted by Gasteiger charge is 2.26. The van der Waals surface area contributed by atoms with Crippen molar-refractivity contribution >= 4 is 40.1 Å². The van der Waals surface area contributed by atoms with Crippen LogP contribution in [0.5, 0.6) is 5.75 Å². The lowest BCUT2D eigenvalue weighted by molar-refractivity contribution is 0.0930. The number of benzene rings is 2. The van der Waals surface area contributed by atoms with Gasteiger partial charge in [0, 0.05) is 6.04 Å². The average molecular weight is 428 g/mol. The molecule has 1 fully saturated rings. The van der Waals surface area contributed by atoms with Crippen molar-refractivity contribution in [1.82, 2.24) is 20.0 Å². The number of carbonyl (C=O) groups excluding carboxylic acids is 1. The SMILES string of the molecule is Nc1c(C(=O)NC2CCCCC2)c2nc3ccccc3nc2n1N=Cc1cccc(O)c1. The van der Waals surface area contributed by atoms with Crippen LogP contribution in [-0.4, -0.2) is 37.9 Å². The minimum atomic E-state index is -0.254. The number of nitrogens with two attached hydrogens (primary N) is 1. The molecule has 2 aromatic heterocycles. The van der Waals surface area contributed by atoms with Crippen LogP contribution in [0.15, 0.2) is 53.6 Å². The Kier molecular flexibility index (Phi) is 5.18. The maximum Gasteiger partial charge on any atom is 0.257 e. The largest absolute Gasteiger partial charge is 0.508 e. The fourth-order valence-corrected chi connectivity index (χ4v) is 4.22. The molecule has 1 aliphatic carbocycles. The Morgan fingerprint density at radius 1 is 1.09 bits per heavy atom. The van der Waals surface area contributed by atoms with Crippen molar-refractivity contribution in [2.24, 2.45) is 5.10 Å². The summed E-state index contributed by atoms with van der Waals surface area (Å²) in [7, 11) is 0. The van der Waals surface area contributed by atoms with Crippen molar-refractivity contribution in [3.05, 3.63) is 59.7 Å². The Labute approximate surface area is 184 Å². The number of aromatic nitrogens is 3. The van der Waals surface area contributed by atoms with Gasteiger partial charge in [-0.1, -0.05) is 43.5 Å². The highest BCUT2D eigenvalue weighted by atomic mass is 16.3. The van der Waals surface area contributed by atoms with E-state index in [4.69, 9.17) is 15.7 Å². The number of nitrogens with one attached hydrogen (secondary N) is 1. The first-order valence-corrected chi connectivity index (χ1v) is 10.8. The molecule has 8 heteroatoms. The molecule has 0 saturated heterocycles. The molecule has 0 spiro atoms. The number of nitrogen functional groups attached to an aromatic ring is 1. The van der Waals surface area contributed by atoms with Gasteiger partial charge in [0.2, 0.25) is 0 Å². The summed E-state index contributed by atoms with van der Waals surface area (Å²) in [5.74, 6) is 0.0629. The molecule has 1 saturated carbocycles. The van der Waals surface area contributed by atoms with Crippen LogP contribution in [0.25, 0.3) is 22.2 Å². The van der Waals surface area contributed by atoms with Gasteiger partial charge in [0.1, 0.15) is 22.6 Å². The van der Waals surface area contributed by atoms with E-state index in [-0.39, 0.29) is 29.1 Å². The maximum atomic E-state index is 13.3. The van der Waals surface area contributed by atoms with Crippen LogP contribution in [0.4, 0.5) is 5.82 Å². The van der Waals surface area contributed by atoms with E-state index in [2.05, 4.69) is 10.4 Å². The number of hydrogen-bond donors (Lipinski definition) is 3. The molecule has 4 N–H and O–H groups in total. The second kappa shape index (κ2) is 8.30. The number of amides is 1. The van der Waals surface area contributed by atoms with E-state index in [0.717, 1.165) is 25.7 Å². The fraction of sp³-hybridized carbons (Fsp3) is 0.250. The van der Waals surface area contributed by atoms with E-state index in [1.54, 1.807) is 24.4 Å². The van der Waals surface area contributed by atoms with Crippen molar-refractivity contribution in [3.8, 4) is 5.75 Å². The first-order chi connectivity index (χ1) is 15.6. The third-order valence-corrected chi connectivity index (χ3v) is 5.83. The quantitative estimate of drug-likeness (QED) is 0.427. The Morgan fingerprint density at radius 3 is 2.59 bits per heavy atom. The summed E-state index contributed by atoms with van der Waals surface area (Å²) >= 11 is 0. The van der Waals surface area contributed by atoms with Gasteiger partial charge in [-0.05, 0) is 42.7 Å². The summed E-state index contributed by atoms with van der Waals surface area (Å²) in [6, 6.07) is 14.3. The van der Waals surface area contributed by atoms with Crippen LogP contribution in [0, 0.1) is 0 Å². The van der Waals surface area contributed by atoms with Gasteiger partial charge >= 0.3 is 0 Å². The molecular formula is C24H24N6O2. The Hall–Kier alpha value is -3.94. The average Bonchev–Trinajstić information content (AvgIpc) is 3.07. The highest BCUT2D eigenvalue weighted by molar-refractivity contribution is 6.10. The lowest BCUT2D eigenvalue weighted by Crippen LogP contribution is -2.36. The van der Waals surface area contributed by atoms with Crippen molar-refractivity contribution in [3.63, 3.8) is 0 Å². The second-order valence-electron chi connectivity index (χ2n) is 8.10. The first-order valence-electron chi connectivity index (χ1n) is 10.8. The van der Waals surface area contributed by atoms with Gasteiger partial charge in [0.25, 0.3) is 5.91 Å². The molecule has 8 nitrogen and oxygen atoms in total. The fourth-order valence-electron chi connectivity index (χ4n) is 4.22. The molecule has 2 aromatic carbocycles. The van der Waals surface area contributed by atoms with Crippen molar-refractivity contribution in [1.29, 1.82) is 0 Å². The van der Waals surface area contributed by atoms with E-state index >= 15 is 0 Å². The molecule has 0 atom stereocenters. The molecule has 162 valence electrons. The predicted octanol–water partition coefficient (Wildman–Crippen LogP) is 3.82. The Bertz CT molecular complexity index is 1340. The van der Waals surface area contributed by atoms with Gasteiger partial charge in [-0.25, -0.2) is 9.97 Å². The minimum absolute atomic E-state index is 0.137. The van der Waals surface area contributed by atoms with Crippen molar-refractivity contribution in [2.45, 2.75) is 38.1 Å². The van der Waals surface area contributed by atoms with Gasteiger partial charge in [0.05, 0.1) is 17.2 Å². The molecular weight excluding hydrogens is 404 g/mol. The van der Waals surface area contributed by atoms with Gasteiger partial charge in [-0.3, -0.25) is 4.79 Å². The van der Waals surface area contributed by atoms with Crippen LogP contribution >= 0.6 is 0 Å². The molecule has 5 rings (SSSR count). The normalized spacial score (nSPS) is 15.0. The van der Waals surface area contributed by atoms with Crippen molar-refractivity contribution < 1.29 is 9.90 Å². The summed E-state index contributed by atoms with van der Waals surface area (Å²) in [5, 5.41) is 17.3. The van der Waals surface area contributed by atoms with Crippen LogP contribution in [-0.2, 0) is 0 Å². The molecule has 4 aromatic rings. The van der Waals surface area contributed by atoms with E-state index < -0.39 is 0 Å². The van der Waals surface area contributed by atoms with Crippen LogP contribution < -0.4 is 11.1 Å². The molecule has 0 aliphatic heterocycles. The van der Waals surface area contributed by atoms with Crippen LogP contribution in [0.1, 0.15) is 48.0 Å². The number of anilines is 1. The zero-order valence-corrected chi connectivity index (χ0v) is 17.5. The number of para-hydroxylation sites is 2. The molecule has 0 radical (unpaired) electrons. The summed E-state index contributed by atoms with van der Waals surface area (Å²) in [6.45, 7) is 0. The van der Waals surface area contributed by atoms with Crippen LogP contribution in [0.3, 0.4) is 0 Å². The number of carbonyl (C=O) groups is 1. The maximum absolute atomic E-state index is 13.3. The topological polar surface area (TPSA) is 118 Å². The van der Waals surface area contributed by atoms with Crippen molar-refractivity contribution in [2.75, 3.05) is 5.73 Å². The molecule has 0 bridgehead atoms. The zero-order chi connectivity index (χ0) is 22.1. The standard InChI is InChI=1S/C24H24N6O2/c25-22-20(24(32)27-16-8-2-1-3-9-16)21-23(29-19-12-5-4-11-18(19)28-21)30(22)26-14-15-7-6-10-17(31)13-15/h4-7,10-14,16,31H,1-3,8-9,25H2,(H,27,32). The summed E-state index contributed by atoms with van der Waals surface area (Å²) < 4.78 is 1.44. The molecule has 1 aliphatic rings. The third-order valence-electron chi connectivity index (χ3n) is 5.83. The Balaban J connectivity index is 1.62. The number of aromatic hydroxyl groups is 1. The van der Waals surface area contributed by atoms with Gasteiger partial charge in [-0.15, -0.1) is 0 Å². The predicted molar refractivity (Wildman–Crippen MR) is 125 cm³/mol. The lowest BCUT2D eigenvalue weighted by atomic mass is 9.95. The minimum Gasteiger partial charge on any atom is -0.508 e. The lowest BCUT2D eigenvalue weighted by Gasteiger charge is -2.22. The van der Waals surface area contributed by atoms with E-state index in [1.165, 1.54) is 11.1 Å². The van der Waals surface area contributed by atoms with E-state index in [9.17, 15) is 9.90 Å². The smallest absolute Gasteiger partial charge is 0.257 e. The number of phenols is 1. The van der Waals surface area contributed by atoms with Gasteiger partial charge < -0.3 is 16.2 Å². The molecule has 1 amide bonds. The number of hydrogen-bond acceptors (Lipinski definition) is 6. The zero-order valence-electron chi connectivity index (χ0n) is 17.5. The number of phenolic OH excluding ortho intramolecular Hbond substituents is 1. The summed E-state index contributed by atoms with van der Waals surface area (Å²) in [4.78, 5) is 22.7. The third kappa shape index (κ3) is 3.75. The Morgan fingerprint density at radius 2 is 1.84 bits per heavy atom. The number of nitrogens with zero attached hydrogens (tertiary/aromatic N) is 4. The summed E-state index contributed by atoms with van der Waals surface area (Å²) in [6.07, 6.45) is 6.93. The van der Waals surface area contributed by atoms with E-state index in [0.29, 0.717) is 27.8 Å². The van der Waals surface area contributed by atoms with E-state index in [1.807, 2.05) is 30.3 Å².